The first-order valence-corrected chi connectivity index (χ1v) is 7.70. The largest absolute Gasteiger partial charge is 0.471 e. The van der Waals surface area contributed by atoms with Crippen LogP contribution in [-0.2, 0) is 10.2 Å². The van der Waals surface area contributed by atoms with Gasteiger partial charge in [0, 0.05) is 30.1 Å². The average Bonchev–Trinajstić information content (AvgIpc) is 2.90. The van der Waals surface area contributed by atoms with Crippen LogP contribution in [0.25, 0.3) is 11.3 Å². The van der Waals surface area contributed by atoms with Crippen LogP contribution in [0.15, 0.2) is 34.9 Å². The fraction of sp³-hybridized carbons (Fsp3) is 0.412. The standard InChI is InChI=1S/C17H15F3N2O2/c1-10-6-14(21-24-10)11-2-4-12(5-3-11)16-7-13(16)8-22(9-16)15(23)17(18,19)20/h2-6,13H,7-9H2,1H3/t13-,16+/m0/s1. The van der Waals surface area contributed by atoms with Crippen LogP contribution in [-0.4, -0.2) is 35.2 Å². The van der Waals surface area contributed by atoms with E-state index >= 15 is 0 Å². The highest BCUT2D eigenvalue weighted by atomic mass is 19.4. The number of benzene rings is 1. The molecule has 1 aromatic heterocycles. The summed E-state index contributed by atoms with van der Waals surface area (Å²) < 4.78 is 42.9. The lowest BCUT2D eigenvalue weighted by atomic mass is 9.93. The first-order valence-electron chi connectivity index (χ1n) is 7.70. The molecule has 0 bridgehead atoms. The van der Waals surface area contributed by atoms with Gasteiger partial charge in [-0.2, -0.15) is 13.2 Å². The first kappa shape index (κ1) is 15.2. The molecular formula is C17H15F3N2O2. The van der Waals surface area contributed by atoms with E-state index in [1.54, 1.807) is 0 Å². The number of alkyl halides is 3. The second-order valence-corrected chi connectivity index (χ2v) is 6.64. The normalized spacial score (nSPS) is 25.7. The molecule has 2 atom stereocenters. The number of nitrogens with zero attached hydrogens (tertiary/aromatic N) is 2. The second-order valence-electron chi connectivity index (χ2n) is 6.64. The van der Waals surface area contributed by atoms with Crippen molar-refractivity contribution in [3.05, 3.63) is 41.7 Å². The zero-order valence-corrected chi connectivity index (χ0v) is 12.9. The molecule has 0 radical (unpaired) electrons. The Morgan fingerprint density at radius 3 is 2.62 bits per heavy atom. The van der Waals surface area contributed by atoms with Crippen LogP contribution in [0, 0.1) is 12.8 Å². The molecule has 0 unspecified atom stereocenters. The highest BCUT2D eigenvalue weighted by Gasteiger charge is 2.63. The van der Waals surface area contributed by atoms with E-state index in [9.17, 15) is 18.0 Å². The number of hydrogen-bond donors (Lipinski definition) is 0. The molecule has 2 fully saturated rings. The van der Waals surface area contributed by atoms with Gasteiger partial charge in [0.25, 0.3) is 0 Å². The van der Waals surface area contributed by atoms with Crippen molar-refractivity contribution in [2.45, 2.75) is 24.9 Å². The van der Waals surface area contributed by atoms with Gasteiger partial charge in [-0.25, -0.2) is 0 Å². The Bertz CT molecular complexity index is 797. The SMILES string of the molecule is Cc1cc(-c2ccc([C@]34C[C@H]3CN(C(=O)C(F)(F)F)C4)cc2)no1. The number of rotatable bonds is 2. The minimum absolute atomic E-state index is 0.115. The summed E-state index contributed by atoms with van der Waals surface area (Å²) in [6.07, 6.45) is -3.97. The number of hydrogen-bond acceptors (Lipinski definition) is 3. The molecule has 0 spiro atoms. The summed E-state index contributed by atoms with van der Waals surface area (Å²) in [6, 6.07) is 9.45. The van der Waals surface area contributed by atoms with E-state index in [0.717, 1.165) is 28.1 Å². The number of halogens is 3. The Hall–Kier alpha value is -2.31. The molecule has 1 amide bonds. The van der Waals surface area contributed by atoms with Crippen LogP contribution in [0.4, 0.5) is 13.2 Å². The highest BCUT2D eigenvalue weighted by Crippen LogP contribution is 2.59. The van der Waals surface area contributed by atoms with E-state index in [1.807, 2.05) is 37.3 Å². The molecule has 126 valence electrons. The summed E-state index contributed by atoms with van der Waals surface area (Å²) in [5, 5.41) is 3.95. The van der Waals surface area contributed by atoms with Gasteiger partial charge in [0.05, 0.1) is 0 Å². The van der Waals surface area contributed by atoms with Gasteiger partial charge in [-0.05, 0) is 24.8 Å². The maximum Gasteiger partial charge on any atom is 0.471 e. The van der Waals surface area contributed by atoms with E-state index < -0.39 is 12.1 Å². The van der Waals surface area contributed by atoms with Gasteiger partial charge in [0.15, 0.2) is 0 Å². The molecule has 7 heteroatoms. The number of piperidine rings is 1. The third kappa shape index (κ3) is 2.30. The summed E-state index contributed by atoms with van der Waals surface area (Å²) in [5.74, 6) is -0.903. The summed E-state index contributed by atoms with van der Waals surface area (Å²) in [5.41, 5.74) is 2.28. The molecule has 1 aromatic carbocycles. The van der Waals surface area contributed by atoms with Crippen molar-refractivity contribution in [3.63, 3.8) is 0 Å². The van der Waals surface area contributed by atoms with E-state index in [2.05, 4.69) is 5.16 Å². The van der Waals surface area contributed by atoms with Gasteiger partial charge in [0.2, 0.25) is 0 Å². The first-order chi connectivity index (χ1) is 11.3. The van der Waals surface area contributed by atoms with Gasteiger partial charge in [-0.1, -0.05) is 29.4 Å². The number of fused-ring (bicyclic) bond motifs is 1. The number of likely N-dealkylation sites (tertiary alicyclic amines) is 1. The Kier molecular flexibility index (Phi) is 3.07. The van der Waals surface area contributed by atoms with Gasteiger partial charge in [0.1, 0.15) is 11.5 Å². The molecule has 1 saturated heterocycles. The lowest BCUT2D eigenvalue weighted by molar-refractivity contribution is -0.184. The molecule has 4 nitrogen and oxygen atoms in total. The van der Waals surface area contributed by atoms with Crippen molar-refractivity contribution in [1.29, 1.82) is 0 Å². The fourth-order valence-electron chi connectivity index (χ4n) is 3.74. The van der Waals surface area contributed by atoms with Crippen LogP contribution in [0.1, 0.15) is 17.7 Å². The Balaban J connectivity index is 1.54. The molecular weight excluding hydrogens is 321 g/mol. The number of aromatic nitrogens is 1. The molecule has 2 heterocycles. The van der Waals surface area contributed by atoms with Crippen LogP contribution < -0.4 is 0 Å². The molecule has 4 rings (SSSR count). The van der Waals surface area contributed by atoms with E-state index in [4.69, 9.17) is 4.52 Å². The van der Waals surface area contributed by atoms with Crippen molar-refractivity contribution < 1.29 is 22.5 Å². The van der Waals surface area contributed by atoms with Gasteiger partial charge >= 0.3 is 12.1 Å². The van der Waals surface area contributed by atoms with Crippen LogP contribution in [0.5, 0.6) is 0 Å². The van der Waals surface area contributed by atoms with Crippen molar-refractivity contribution in [1.82, 2.24) is 10.1 Å². The number of carbonyl (C=O) groups is 1. The van der Waals surface area contributed by atoms with Crippen molar-refractivity contribution in [2.24, 2.45) is 5.92 Å². The van der Waals surface area contributed by atoms with Gasteiger partial charge in [-0.15, -0.1) is 0 Å². The predicted molar refractivity (Wildman–Crippen MR) is 79.1 cm³/mol. The smallest absolute Gasteiger partial charge is 0.361 e. The highest BCUT2D eigenvalue weighted by molar-refractivity contribution is 5.82. The third-order valence-corrected chi connectivity index (χ3v) is 5.06. The summed E-state index contributed by atoms with van der Waals surface area (Å²) in [4.78, 5) is 12.4. The molecule has 2 aliphatic rings. The summed E-state index contributed by atoms with van der Waals surface area (Å²) in [7, 11) is 0. The van der Waals surface area contributed by atoms with Crippen molar-refractivity contribution in [2.75, 3.05) is 13.1 Å². The molecule has 1 aliphatic heterocycles. The zero-order valence-electron chi connectivity index (χ0n) is 12.9. The summed E-state index contributed by atoms with van der Waals surface area (Å²) in [6.45, 7) is 2.13. The van der Waals surface area contributed by atoms with Crippen molar-refractivity contribution >= 4 is 5.91 Å². The van der Waals surface area contributed by atoms with Crippen LogP contribution in [0.2, 0.25) is 0 Å². The second kappa shape index (κ2) is 4.84. The quantitative estimate of drug-likeness (QED) is 0.845. The van der Waals surface area contributed by atoms with Crippen molar-refractivity contribution in [3.8, 4) is 11.3 Å². The Morgan fingerprint density at radius 2 is 2.04 bits per heavy atom. The zero-order chi connectivity index (χ0) is 17.1. The summed E-state index contributed by atoms with van der Waals surface area (Å²) >= 11 is 0. The maximum absolute atomic E-state index is 12.6. The predicted octanol–water partition coefficient (Wildman–Crippen LogP) is 3.31. The molecule has 2 aromatic rings. The lowest BCUT2D eigenvalue weighted by Gasteiger charge is -2.22. The molecule has 1 aliphatic carbocycles. The van der Waals surface area contributed by atoms with Gasteiger partial charge in [-0.3, -0.25) is 4.79 Å². The number of carbonyl (C=O) groups excluding carboxylic acids is 1. The Morgan fingerprint density at radius 1 is 1.33 bits per heavy atom. The minimum atomic E-state index is -4.80. The molecule has 1 saturated carbocycles. The monoisotopic (exact) mass is 336 g/mol. The van der Waals surface area contributed by atoms with E-state index in [-0.39, 0.29) is 24.4 Å². The average molecular weight is 336 g/mol. The van der Waals surface area contributed by atoms with E-state index in [1.165, 1.54) is 0 Å². The third-order valence-electron chi connectivity index (χ3n) is 5.06. The van der Waals surface area contributed by atoms with Crippen LogP contribution in [0.3, 0.4) is 0 Å². The lowest BCUT2D eigenvalue weighted by Crippen LogP contribution is -2.41. The minimum Gasteiger partial charge on any atom is -0.361 e. The number of amides is 1. The Labute approximate surface area is 136 Å². The topological polar surface area (TPSA) is 46.3 Å². The number of aryl methyl sites for hydroxylation is 1. The molecule has 0 N–H and O–H groups in total. The maximum atomic E-state index is 12.6. The van der Waals surface area contributed by atoms with E-state index in [0.29, 0.717) is 5.76 Å². The van der Waals surface area contributed by atoms with Crippen LogP contribution >= 0.6 is 0 Å². The molecule has 24 heavy (non-hydrogen) atoms. The van der Waals surface area contributed by atoms with Gasteiger partial charge < -0.3 is 9.42 Å². The fourth-order valence-corrected chi connectivity index (χ4v) is 3.74.